The molecular weight excluding hydrogens is 448 g/mol. The maximum Gasteiger partial charge on any atom is 0.224 e. The van der Waals surface area contributed by atoms with Crippen LogP contribution in [0.25, 0.3) is 0 Å². The molecule has 0 aliphatic rings. The van der Waals surface area contributed by atoms with E-state index in [1.165, 1.54) is 12.7 Å². The number of nitrogens with one attached hydrogen (secondary N) is 4. The molecule has 35 heavy (non-hydrogen) atoms. The fourth-order valence-corrected chi connectivity index (χ4v) is 2.95. The number of benzene rings is 2. The Morgan fingerprint density at radius 2 is 1.20 bits per heavy atom. The standard InChI is InChI=1S/C23H30N10O2/c1-16(32-28-14-26-24)18-6-3-8-20(12-18)30-22(34)10-5-11-23(35)31-21-9-4-7-19(13-21)17(2)33-29-15-27-25/h3-4,6-9,12-15H,5,10-11,24-25H2,1-2H3,(H,26,28)(H,27,29)(H,30,34)(H,31,35). The van der Waals surface area contributed by atoms with Crippen LogP contribution in [-0.4, -0.2) is 35.9 Å². The summed E-state index contributed by atoms with van der Waals surface area (Å²) in [6.45, 7) is 3.63. The number of nitrogens with two attached hydrogens (primary N) is 2. The minimum absolute atomic E-state index is 0.180. The fraction of sp³-hybridized carbons (Fsp3) is 0.217. The first kappa shape index (κ1) is 26.5. The molecule has 0 spiro atoms. The van der Waals surface area contributed by atoms with E-state index in [1.807, 2.05) is 38.1 Å². The van der Waals surface area contributed by atoms with Crippen molar-refractivity contribution >= 4 is 47.3 Å². The molecule has 184 valence electrons. The molecule has 0 bridgehead atoms. The molecule has 0 fully saturated rings. The molecule has 0 saturated carbocycles. The second-order valence-corrected chi connectivity index (χ2v) is 7.32. The predicted octanol–water partition coefficient (Wildman–Crippen LogP) is 1.87. The third-order valence-electron chi connectivity index (χ3n) is 4.66. The monoisotopic (exact) mass is 478 g/mol. The third kappa shape index (κ3) is 9.74. The van der Waals surface area contributed by atoms with Gasteiger partial charge in [-0.2, -0.15) is 20.4 Å². The molecule has 2 aromatic carbocycles. The van der Waals surface area contributed by atoms with Gasteiger partial charge in [-0.15, -0.1) is 0 Å². The minimum Gasteiger partial charge on any atom is -0.326 e. The van der Waals surface area contributed by atoms with Crippen molar-refractivity contribution in [3.63, 3.8) is 0 Å². The van der Waals surface area contributed by atoms with Crippen molar-refractivity contribution in [3.05, 3.63) is 59.7 Å². The van der Waals surface area contributed by atoms with Crippen molar-refractivity contribution in [2.45, 2.75) is 33.1 Å². The van der Waals surface area contributed by atoms with E-state index in [4.69, 9.17) is 11.7 Å². The quantitative estimate of drug-likeness (QED) is 0.117. The lowest BCUT2D eigenvalue weighted by atomic mass is 10.1. The van der Waals surface area contributed by atoms with Crippen LogP contribution in [0.1, 0.15) is 44.2 Å². The number of nitrogens with zero attached hydrogens (tertiary/aromatic N) is 4. The van der Waals surface area contributed by atoms with E-state index in [9.17, 15) is 9.59 Å². The Labute approximate surface area is 203 Å². The van der Waals surface area contributed by atoms with Crippen LogP contribution in [0.2, 0.25) is 0 Å². The number of rotatable bonds is 12. The highest BCUT2D eigenvalue weighted by Gasteiger charge is 2.08. The van der Waals surface area contributed by atoms with Crippen molar-refractivity contribution in [2.24, 2.45) is 32.1 Å². The molecule has 12 heteroatoms. The topological polar surface area (TPSA) is 184 Å². The molecule has 2 amide bonds. The van der Waals surface area contributed by atoms with E-state index in [0.29, 0.717) is 29.2 Å². The zero-order valence-corrected chi connectivity index (χ0v) is 19.7. The van der Waals surface area contributed by atoms with Crippen LogP contribution in [0.4, 0.5) is 11.4 Å². The first-order valence-electron chi connectivity index (χ1n) is 10.8. The highest BCUT2D eigenvalue weighted by atomic mass is 16.2. The lowest BCUT2D eigenvalue weighted by molar-refractivity contribution is -0.117. The van der Waals surface area contributed by atoms with Gasteiger partial charge in [0.05, 0.1) is 11.4 Å². The number of anilines is 2. The lowest BCUT2D eigenvalue weighted by Gasteiger charge is -2.09. The van der Waals surface area contributed by atoms with E-state index in [1.54, 1.807) is 24.3 Å². The zero-order valence-electron chi connectivity index (χ0n) is 19.7. The van der Waals surface area contributed by atoms with E-state index in [-0.39, 0.29) is 24.7 Å². The summed E-state index contributed by atoms with van der Waals surface area (Å²) >= 11 is 0. The summed E-state index contributed by atoms with van der Waals surface area (Å²) in [6.07, 6.45) is 3.34. The van der Waals surface area contributed by atoms with Gasteiger partial charge in [-0.1, -0.05) is 24.3 Å². The van der Waals surface area contributed by atoms with Crippen LogP contribution in [0.5, 0.6) is 0 Å². The van der Waals surface area contributed by atoms with Gasteiger partial charge in [0.25, 0.3) is 0 Å². The van der Waals surface area contributed by atoms with Crippen molar-refractivity contribution < 1.29 is 9.59 Å². The Bertz CT molecular complexity index is 1040. The van der Waals surface area contributed by atoms with Gasteiger partial charge >= 0.3 is 0 Å². The Morgan fingerprint density at radius 3 is 1.60 bits per heavy atom. The average Bonchev–Trinajstić information content (AvgIpc) is 2.84. The van der Waals surface area contributed by atoms with E-state index in [2.05, 4.69) is 41.9 Å². The Kier molecular flexibility index (Phi) is 10.9. The summed E-state index contributed by atoms with van der Waals surface area (Å²) in [4.78, 5) is 24.6. The number of amides is 2. The average molecular weight is 479 g/mol. The summed E-state index contributed by atoms with van der Waals surface area (Å²) in [5, 5.41) is 20.5. The van der Waals surface area contributed by atoms with Gasteiger partial charge in [0.1, 0.15) is 12.7 Å². The summed E-state index contributed by atoms with van der Waals surface area (Å²) in [6, 6.07) is 14.6. The first-order valence-corrected chi connectivity index (χ1v) is 10.8. The van der Waals surface area contributed by atoms with E-state index >= 15 is 0 Å². The first-order chi connectivity index (χ1) is 16.9. The molecule has 0 aliphatic heterocycles. The number of hydrogen-bond acceptors (Lipinski definition) is 8. The largest absolute Gasteiger partial charge is 0.326 e. The summed E-state index contributed by atoms with van der Waals surface area (Å²) in [7, 11) is 0. The minimum atomic E-state index is -0.180. The number of hydrogen-bond donors (Lipinski definition) is 6. The molecule has 12 nitrogen and oxygen atoms in total. The molecule has 0 atom stereocenters. The van der Waals surface area contributed by atoms with Gasteiger partial charge < -0.3 is 22.3 Å². The molecule has 2 aromatic rings. The zero-order chi connectivity index (χ0) is 25.5. The highest BCUT2D eigenvalue weighted by molar-refractivity contribution is 6.01. The molecule has 0 aliphatic carbocycles. The van der Waals surface area contributed by atoms with Crippen molar-refractivity contribution in [2.75, 3.05) is 10.6 Å². The summed E-state index contributed by atoms with van der Waals surface area (Å²) in [5.74, 6) is 9.67. The molecule has 0 radical (unpaired) electrons. The molecule has 0 unspecified atom stereocenters. The fourth-order valence-electron chi connectivity index (χ4n) is 2.95. The van der Waals surface area contributed by atoms with E-state index < -0.39 is 0 Å². The van der Waals surface area contributed by atoms with Crippen molar-refractivity contribution in [3.8, 4) is 0 Å². The normalized spacial score (nSPS) is 12.1. The smallest absolute Gasteiger partial charge is 0.224 e. The van der Waals surface area contributed by atoms with Gasteiger partial charge in [-0.25, -0.2) is 0 Å². The Hall–Kier alpha value is -4.74. The Morgan fingerprint density at radius 1 is 0.771 bits per heavy atom. The molecular formula is C23H30N10O2. The van der Waals surface area contributed by atoms with Crippen LogP contribution in [0.3, 0.4) is 0 Å². The highest BCUT2D eigenvalue weighted by Crippen LogP contribution is 2.14. The van der Waals surface area contributed by atoms with Gasteiger partial charge in [-0.05, 0) is 55.7 Å². The second-order valence-electron chi connectivity index (χ2n) is 7.32. The molecule has 0 saturated heterocycles. The third-order valence-corrected chi connectivity index (χ3v) is 4.66. The van der Waals surface area contributed by atoms with Gasteiger partial charge in [-0.3, -0.25) is 20.4 Å². The Balaban J connectivity index is 1.82. The van der Waals surface area contributed by atoms with Crippen LogP contribution in [-0.2, 0) is 9.59 Å². The van der Waals surface area contributed by atoms with Crippen LogP contribution >= 0.6 is 0 Å². The summed E-state index contributed by atoms with van der Waals surface area (Å²) < 4.78 is 0. The van der Waals surface area contributed by atoms with Gasteiger partial charge in [0.15, 0.2) is 0 Å². The van der Waals surface area contributed by atoms with Crippen LogP contribution in [0, 0.1) is 0 Å². The molecule has 8 N–H and O–H groups in total. The van der Waals surface area contributed by atoms with Crippen molar-refractivity contribution in [1.82, 2.24) is 10.9 Å². The maximum atomic E-state index is 12.3. The number of carbonyl (C=O) groups is 2. The SMILES string of the molecule is CC(=NNC=NN)c1cccc(NC(=O)CCCC(=O)Nc2cccc(C(C)=NNC=NN)c2)c1. The van der Waals surface area contributed by atoms with Gasteiger partial charge in [0, 0.05) is 24.2 Å². The van der Waals surface area contributed by atoms with E-state index in [0.717, 1.165) is 11.1 Å². The van der Waals surface area contributed by atoms with Crippen molar-refractivity contribution in [1.29, 1.82) is 0 Å². The molecule has 2 rings (SSSR count). The maximum absolute atomic E-state index is 12.3. The molecule has 0 aromatic heterocycles. The van der Waals surface area contributed by atoms with Crippen LogP contribution < -0.4 is 33.2 Å². The number of carbonyl (C=O) groups excluding carboxylic acids is 2. The molecule has 0 heterocycles. The predicted molar refractivity (Wildman–Crippen MR) is 140 cm³/mol. The second kappa shape index (κ2) is 14.4. The number of hydrazone groups is 4. The lowest BCUT2D eigenvalue weighted by Crippen LogP contribution is -2.15. The van der Waals surface area contributed by atoms with Gasteiger partial charge in [0.2, 0.25) is 11.8 Å². The summed E-state index contributed by atoms with van der Waals surface area (Å²) in [5.41, 5.74) is 9.52. The van der Waals surface area contributed by atoms with Crippen LogP contribution in [0.15, 0.2) is 68.9 Å².